The molecule has 3 rings (SSSR count). The minimum Gasteiger partial charge on any atom is -0.504 e. The Balaban J connectivity index is 2.14. The topological polar surface area (TPSA) is 62.4 Å². The van der Waals surface area contributed by atoms with Crippen LogP contribution in [0.2, 0.25) is 0 Å². The van der Waals surface area contributed by atoms with Crippen molar-refractivity contribution in [1.82, 2.24) is 5.32 Å². The lowest BCUT2D eigenvalue weighted by molar-refractivity contribution is 0.398. The molecule has 1 aromatic carbocycles. The third-order valence-corrected chi connectivity index (χ3v) is 3.26. The van der Waals surface area contributed by atoms with Crippen molar-refractivity contribution in [2.24, 2.45) is 0 Å². The van der Waals surface area contributed by atoms with Crippen molar-refractivity contribution in [3.63, 3.8) is 0 Å². The molecule has 2 unspecified atom stereocenters. The maximum absolute atomic E-state index is 9.73. The quantitative estimate of drug-likeness (QED) is 0.429. The van der Waals surface area contributed by atoms with Crippen LogP contribution in [0, 0.1) is 0 Å². The summed E-state index contributed by atoms with van der Waals surface area (Å²) in [6, 6.07) is 4.52. The maximum atomic E-state index is 9.73. The number of benzene rings is 1. The van der Waals surface area contributed by atoms with Crippen molar-refractivity contribution in [1.29, 1.82) is 0 Å². The summed E-state index contributed by atoms with van der Waals surface area (Å²) >= 11 is 0. The first-order chi connectivity index (χ1) is 6.77. The zero-order valence-electron chi connectivity index (χ0n) is 7.83. The van der Waals surface area contributed by atoms with Gasteiger partial charge in [0.15, 0.2) is 11.5 Å². The monoisotopic (exact) mass is 191 g/mol. The largest absolute Gasteiger partial charge is 0.504 e. The number of aromatic hydroxyl groups is 2. The van der Waals surface area contributed by atoms with Crippen LogP contribution in [0.15, 0.2) is 12.1 Å². The molecule has 0 spiro atoms. The molecule has 0 aromatic heterocycles. The number of phenols is 2. The van der Waals surface area contributed by atoms with Crippen LogP contribution in [0.25, 0.3) is 0 Å². The summed E-state index contributed by atoms with van der Waals surface area (Å²) in [6.45, 7) is 0. The highest BCUT2D eigenvalue weighted by Crippen LogP contribution is 2.43. The average Bonchev–Trinajstić information content (AvgIpc) is 2.90. The normalized spacial score (nSPS) is 28.9. The minimum atomic E-state index is 0.00264. The number of fused-ring (bicyclic) bond motifs is 3. The van der Waals surface area contributed by atoms with Crippen LogP contribution in [0.4, 0.5) is 0 Å². The van der Waals surface area contributed by atoms with E-state index in [4.69, 9.17) is 0 Å². The first-order valence-electron chi connectivity index (χ1n) is 5.07. The predicted octanol–water partition coefficient (Wildman–Crippen LogP) is 1.45. The first kappa shape index (κ1) is 8.12. The van der Waals surface area contributed by atoms with Crippen LogP contribution in [0.3, 0.4) is 0 Å². The van der Waals surface area contributed by atoms with Gasteiger partial charge in [-0.15, -0.1) is 0 Å². The van der Waals surface area contributed by atoms with Gasteiger partial charge in [-0.25, -0.2) is 0 Å². The molecule has 3 heteroatoms. The van der Waals surface area contributed by atoms with Crippen LogP contribution < -0.4 is 5.32 Å². The second kappa shape index (κ2) is 2.64. The van der Waals surface area contributed by atoms with Crippen molar-refractivity contribution < 1.29 is 10.2 Å². The fraction of sp³-hybridized carbons (Fsp3) is 0.455. The molecule has 0 bridgehead atoms. The number of nitrogens with one attached hydrogen (secondary N) is 1. The Morgan fingerprint density at radius 3 is 3.00 bits per heavy atom. The van der Waals surface area contributed by atoms with E-state index < -0.39 is 0 Å². The molecule has 1 fully saturated rings. The summed E-state index contributed by atoms with van der Waals surface area (Å²) in [5, 5.41) is 22.5. The molecule has 0 amide bonds. The molecular formula is C11H13NO2. The Morgan fingerprint density at radius 2 is 2.14 bits per heavy atom. The molecule has 2 aliphatic rings. The fourth-order valence-corrected chi connectivity index (χ4v) is 2.42. The van der Waals surface area contributed by atoms with Crippen molar-refractivity contribution in [3.05, 3.63) is 23.3 Å². The lowest BCUT2D eigenvalue weighted by atomic mass is 10.0. The van der Waals surface area contributed by atoms with Gasteiger partial charge in [0.25, 0.3) is 0 Å². The van der Waals surface area contributed by atoms with Gasteiger partial charge in [0, 0.05) is 17.6 Å². The van der Waals surface area contributed by atoms with Crippen molar-refractivity contribution in [2.75, 3.05) is 0 Å². The third kappa shape index (κ3) is 1.02. The van der Waals surface area contributed by atoms with E-state index in [1.165, 1.54) is 12.0 Å². The zero-order valence-corrected chi connectivity index (χ0v) is 7.83. The molecule has 2 atom stereocenters. The molecule has 1 aliphatic carbocycles. The fourth-order valence-electron chi connectivity index (χ4n) is 2.42. The number of hydrogen-bond donors (Lipinski definition) is 3. The Bertz CT molecular complexity index is 389. The van der Waals surface area contributed by atoms with E-state index in [0.717, 1.165) is 18.4 Å². The van der Waals surface area contributed by atoms with Gasteiger partial charge in [0.2, 0.25) is 0 Å². The molecule has 1 saturated heterocycles. The van der Waals surface area contributed by atoms with Crippen LogP contribution in [-0.4, -0.2) is 16.3 Å². The molecule has 3 nitrogen and oxygen atoms in total. The third-order valence-electron chi connectivity index (χ3n) is 3.26. The van der Waals surface area contributed by atoms with Crippen LogP contribution in [0.5, 0.6) is 11.5 Å². The predicted molar refractivity (Wildman–Crippen MR) is 52.4 cm³/mol. The molecule has 3 N–H and O–H groups in total. The second-order valence-electron chi connectivity index (χ2n) is 4.14. The highest BCUT2D eigenvalue weighted by atomic mass is 16.3. The van der Waals surface area contributed by atoms with E-state index in [0.29, 0.717) is 12.1 Å². The van der Waals surface area contributed by atoms with Crippen molar-refractivity contribution >= 4 is 0 Å². The zero-order chi connectivity index (χ0) is 9.71. The van der Waals surface area contributed by atoms with Gasteiger partial charge in [-0.05, 0) is 30.9 Å². The van der Waals surface area contributed by atoms with Gasteiger partial charge in [0.05, 0.1) is 0 Å². The lowest BCUT2D eigenvalue weighted by Gasteiger charge is -2.09. The summed E-state index contributed by atoms with van der Waals surface area (Å²) < 4.78 is 0. The summed E-state index contributed by atoms with van der Waals surface area (Å²) in [5.74, 6) is 0.0831. The maximum Gasteiger partial charge on any atom is 0.161 e. The molecule has 0 saturated carbocycles. The van der Waals surface area contributed by atoms with E-state index >= 15 is 0 Å². The molecule has 0 radical (unpaired) electrons. The Morgan fingerprint density at radius 1 is 1.29 bits per heavy atom. The molecule has 1 heterocycles. The summed E-state index contributed by atoms with van der Waals surface area (Å²) in [5.41, 5.74) is 2.10. The molecule has 1 aliphatic heterocycles. The van der Waals surface area contributed by atoms with Gasteiger partial charge in [-0.3, -0.25) is 0 Å². The van der Waals surface area contributed by atoms with Crippen LogP contribution >= 0.6 is 0 Å². The second-order valence-corrected chi connectivity index (χ2v) is 4.14. The van der Waals surface area contributed by atoms with Gasteiger partial charge >= 0.3 is 0 Å². The number of phenolic OH excluding ortho intramolecular Hbond substituents is 2. The standard InChI is InChI=1S/C11H13NO2/c13-9-5-4-6-7(11(9)14)2-1-3-8-10(6)12-8/h4-5,8,10,12-14H,1-3H2. The van der Waals surface area contributed by atoms with E-state index in [-0.39, 0.29) is 11.5 Å². The van der Waals surface area contributed by atoms with Crippen molar-refractivity contribution in [2.45, 2.75) is 31.3 Å². The molecular weight excluding hydrogens is 178 g/mol. The molecule has 14 heavy (non-hydrogen) atoms. The lowest BCUT2D eigenvalue weighted by Crippen LogP contribution is -1.95. The van der Waals surface area contributed by atoms with E-state index in [1.807, 2.05) is 6.07 Å². The summed E-state index contributed by atoms with van der Waals surface area (Å²) in [7, 11) is 0. The number of rotatable bonds is 0. The number of hydrogen-bond acceptors (Lipinski definition) is 3. The van der Waals surface area contributed by atoms with E-state index in [9.17, 15) is 10.2 Å². The van der Waals surface area contributed by atoms with E-state index in [1.54, 1.807) is 6.07 Å². The SMILES string of the molecule is Oc1ccc2c(c1O)CCCC1NC21. The van der Waals surface area contributed by atoms with Gasteiger partial charge in [0.1, 0.15) is 0 Å². The van der Waals surface area contributed by atoms with E-state index in [2.05, 4.69) is 5.32 Å². The van der Waals surface area contributed by atoms with Crippen LogP contribution in [-0.2, 0) is 6.42 Å². The van der Waals surface area contributed by atoms with Gasteiger partial charge in [-0.1, -0.05) is 6.07 Å². The minimum absolute atomic E-state index is 0.00264. The molecule has 1 aromatic rings. The average molecular weight is 191 g/mol. The Hall–Kier alpha value is -1.22. The summed E-state index contributed by atoms with van der Waals surface area (Å²) in [4.78, 5) is 0. The highest BCUT2D eigenvalue weighted by Gasteiger charge is 2.40. The smallest absolute Gasteiger partial charge is 0.161 e. The van der Waals surface area contributed by atoms with Crippen molar-refractivity contribution in [3.8, 4) is 11.5 Å². The first-order valence-corrected chi connectivity index (χ1v) is 5.07. The van der Waals surface area contributed by atoms with Gasteiger partial charge in [-0.2, -0.15) is 0 Å². The summed E-state index contributed by atoms with van der Waals surface area (Å²) in [6.07, 6.45) is 3.13. The van der Waals surface area contributed by atoms with Gasteiger partial charge < -0.3 is 15.5 Å². The Labute approximate surface area is 82.4 Å². The highest BCUT2D eigenvalue weighted by molar-refractivity contribution is 5.52. The molecule has 74 valence electrons. The Kier molecular flexibility index (Phi) is 1.53. The van der Waals surface area contributed by atoms with Crippen LogP contribution in [0.1, 0.15) is 30.0 Å².